The standard InChI is InChI=1S/C24H21NO5/c1-3-29-23(26)18-6-10-20(11-7-18)25-16-17-4-12-22(13-5-17)30-24(27)19-8-14-21(28-2)15-9-19/h4-16H,3H2,1-2H3. The molecule has 3 aromatic carbocycles. The van der Waals surface area contributed by atoms with Crippen LogP contribution in [0.3, 0.4) is 0 Å². The second kappa shape index (κ2) is 10.0. The van der Waals surface area contributed by atoms with Crippen molar-refractivity contribution in [3.8, 4) is 11.5 Å². The van der Waals surface area contributed by atoms with Gasteiger partial charge in [-0.1, -0.05) is 0 Å². The van der Waals surface area contributed by atoms with Crippen molar-refractivity contribution in [2.24, 2.45) is 4.99 Å². The molecule has 30 heavy (non-hydrogen) atoms. The molecule has 0 fully saturated rings. The number of esters is 2. The van der Waals surface area contributed by atoms with Crippen LogP contribution in [0.2, 0.25) is 0 Å². The molecule has 0 unspecified atom stereocenters. The van der Waals surface area contributed by atoms with Crippen molar-refractivity contribution in [3.05, 3.63) is 89.5 Å². The van der Waals surface area contributed by atoms with Gasteiger partial charge in [0.05, 0.1) is 30.5 Å². The molecule has 0 radical (unpaired) electrons. The molecule has 0 amide bonds. The van der Waals surface area contributed by atoms with E-state index in [0.29, 0.717) is 34.9 Å². The summed E-state index contributed by atoms with van der Waals surface area (Å²) in [6.45, 7) is 2.10. The van der Waals surface area contributed by atoms with Gasteiger partial charge < -0.3 is 14.2 Å². The minimum Gasteiger partial charge on any atom is -0.497 e. The highest BCUT2D eigenvalue weighted by molar-refractivity contribution is 5.91. The van der Waals surface area contributed by atoms with Gasteiger partial charge in [-0.25, -0.2) is 9.59 Å². The number of benzene rings is 3. The summed E-state index contributed by atoms with van der Waals surface area (Å²) in [5.41, 5.74) is 2.47. The third kappa shape index (κ3) is 5.54. The lowest BCUT2D eigenvalue weighted by molar-refractivity contribution is 0.0526. The molecule has 3 rings (SSSR count). The molecule has 3 aromatic rings. The molecule has 0 saturated carbocycles. The fraction of sp³-hybridized carbons (Fsp3) is 0.125. The summed E-state index contributed by atoms with van der Waals surface area (Å²) in [7, 11) is 1.57. The van der Waals surface area contributed by atoms with Crippen LogP contribution in [0.5, 0.6) is 11.5 Å². The minimum absolute atomic E-state index is 0.337. The lowest BCUT2D eigenvalue weighted by atomic mass is 10.2. The van der Waals surface area contributed by atoms with Crippen LogP contribution >= 0.6 is 0 Å². The van der Waals surface area contributed by atoms with Gasteiger partial charge in [-0.15, -0.1) is 0 Å². The summed E-state index contributed by atoms with van der Waals surface area (Å²) < 4.78 is 15.4. The quantitative estimate of drug-likeness (QED) is 0.321. The number of methoxy groups -OCH3 is 1. The monoisotopic (exact) mass is 403 g/mol. The van der Waals surface area contributed by atoms with Crippen molar-refractivity contribution in [2.45, 2.75) is 6.92 Å². The number of carbonyl (C=O) groups excluding carboxylic acids is 2. The molecule has 0 bridgehead atoms. The molecule has 0 N–H and O–H groups in total. The van der Waals surface area contributed by atoms with Crippen LogP contribution in [0.4, 0.5) is 5.69 Å². The van der Waals surface area contributed by atoms with Crippen molar-refractivity contribution in [2.75, 3.05) is 13.7 Å². The van der Waals surface area contributed by atoms with E-state index in [1.165, 1.54) is 0 Å². The van der Waals surface area contributed by atoms with E-state index >= 15 is 0 Å². The Morgan fingerprint density at radius 2 is 1.37 bits per heavy atom. The molecule has 0 atom stereocenters. The van der Waals surface area contributed by atoms with Gasteiger partial charge in [0, 0.05) is 6.21 Å². The van der Waals surface area contributed by atoms with E-state index in [2.05, 4.69) is 4.99 Å². The molecule has 0 aliphatic rings. The highest BCUT2D eigenvalue weighted by atomic mass is 16.5. The Hall–Kier alpha value is -3.93. The van der Waals surface area contributed by atoms with Crippen molar-refractivity contribution in [3.63, 3.8) is 0 Å². The highest BCUT2D eigenvalue weighted by Gasteiger charge is 2.09. The first-order valence-electron chi connectivity index (χ1n) is 9.36. The summed E-state index contributed by atoms with van der Waals surface area (Å²) in [6, 6.07) is 20.5. The molecular weight excluding hydrogens is 382 g/mol. The van der Waals surface area contributed by atoms with Gasteiger partial charge in [0.25, 0.3) is 0 Å². The fourth-order valence-corrected chi connectivity index (χ4v) is 2.56. The molecule has 0 aliphatic heterocycles. The van der Waals surface area contributed by atoms with E-state index in [0.717, 1.165) is 5.56 Å². The van der Waals surface area contributed by atoms with E-state index in [1.54, 1.807) is 93.0 Å². The van der Waals surface area contributed by atoms with Crippen molar-refractivity contribution >= 4 is 23.8 Å². The third-order valence-corrected chi connectivity index (χ3v) is 4.16. The zero-order valence-electron chi connectivity index (χ0n) is 16.7. The molecule has 0 aliphatic carbocycles. The van der Waals surface area contributed by atoms with Crippen LogP contribution in [0, 0.1) is 0 Å². The number of nitrogens with zero attached hydrogens (tertiary/aromatic N) is 1. The Bertz CT molecular complexity index is 1020. The van der Waals surface area contributed by atoms with E-state index in [4.69, 9.17) is 14.2 Å². The zero-order valence-corrected chi connectivity index (χ0v) is 16.7. The molecule has 0 spiro atoms. The number of carbonyl (C=O) groups is 2. The largest absolute Gasteiger partial charge is 0.497 e. The van der Waals surface area contributed by atoms with Gasteiger partial charge in [0.2, 0.25) is 0 Å². The third-order valence-electron chi connectivity index (χ3n) is 4.16. The Balaban J connectivity index is 1.59. The molecule has 0 saturated heterocycles. The van der Waals surface area contributed by atoms with E-state index in [9.17, 15) is 9.59 Å². The lowest BCUT2D eigenvalue weighted by Crippen LogP contribution is -2.08. The van der Waals surface area contributed by atoms with E-state index in [1.807, 2.05) is 0 Å². The second-order valence-corrected chi connectivity index (χ2v) is 6.21. The first kappa shape index (κ1) is 20.8. The normalized spacial score (nSPS) is 10.6. The Morgan fingerprint density at radius 1 is 0.800 bits per heavy atom. The number of hydrogen-bond acceptors (Lipinski definition) is 6. The van der Waals surface area contributed by atoms with Gasteiger partial charge in [-0.2, -0.15) is 0 Å². The maximum Gasteiger partial charge on any atom is 0.343 e. The van der Waals surface area contributed by atoms with Crippen LogP contribution in [0.15, 0.2) is 77.8 Å². The average Bonchev–Trinajstić information content (AvgIpc) is 2.79. The van der Waals surface area contributed by atoms with E-state index in [-0.39, 0.29) is 5.97 Å². The first-order valence-corrected chi connectivity index (χ1v) is 9.36. The Kier molecular flexibility index (Phi) is 6.95. The molecular formula is C24H21NO5. The highest BCUT2D eigenvalue weighted by Crippen LogP contribution is 2.17. The van der Waals surface area contributed by atoms with Crippen molar-refractivity contribution in [1.82, 2.24) is 0 Å². The van der Waals surface area contributed by atoms with Crippen LogP contribution in [-0.4, -0.2) is 31.9 Å². The van der Waals surface area contributed by atoms with Gasteiger partial charge in [0.1, 0.15) is 11.5 Å². The molecule has 6 heteroatoms. The summed E-state index contributed by atoms with van der Waals surface area (Å²) in [5.74, 6) is 0.311. The van der Waals surface area contributed by atoms with Crippen LogP contribution in [-0.2, 0) is 4.74 Å². The summed E-state index contributed by atoms with van der Waals surface area (Å²) >= 11 is 0. The van der Waals surface area contributed by atoms with Crippen LogP contribution in [0.1, 0.15) is 33.2 Å². The van der Waals surface area contributed by atoms with E-state index < -0.39 is 5.97 Å². The minimum atomic E-state index is -0.444. The van der Waals surface area contributed by atoms with Crippen molar-refractivity contribution in [1.29, 1.82) is 0 Å². The smallest absolute Gasteiger partial charge is 0.343 e. The number of aliphatic imine (C=N–C) groups is 1. The fourth-order valence-electron chi connectivity index (χ4n) is 2.56. The summed E-state index contributed by atoms with van der Waals surface area (Å²) in [5, 5.41) is 0. The summed E-state index contributed by atoms with van der Waals surface area (Å²) in [6.07, 6.45) is 1.69. The first-order chi connectivity index (χ1) is 14.6. The number of rotatable bonds is 7. The average molecular weight is 403 g/mol. The maximum atomic E-state index is 12.2. The van der Waals surface area contributed by atoms with Crippen LogP contribution in [0.25, 0.3) is 0 Å². The molecule has 152 valence electrons. The Morgan fingerprint density at radius 3 is 1.97 bits per heavy atom. The number of ether oxygens (including phenoxy) is 3. The van der Waals surface area contributed by atoms with Crippen molar-refractivity contribution < 1.29 is 23.8 Å². The second-order valence-electron chi connectivity index (χ2n) is 6.21. The SMILES string of the molecule is CCOC(=O)c1ccc(N=Cc2ccc(OC(=O)c3ccc(OC)cc3)cc2)cc1. The van der Waals surface area contributed by atoms with Crippen LogP contribution < -0.4 is 9.47 Å². The van der Waals surface area contributed by atoms with Gasteiger partial charge in [-0.05, 0) is 85.3 Å². The Labute approximate surface area is 174 Å². The molecule has 0 aromatic heterocycles. The molecule has 0 heterocycles. The maximum absolute atomic E-state index is 12.2. The summed E-state index contributed by atoms with van der Waals surface area (Å²) in [4.78, 5) is 28.2. The predicted molar refractivity (Wildman–Crippen MR) is 114 cm³/mol. The number of hydrogen-bond donors (Lipinski definition) is 0. The topological polar surface area (TPSA) is 74.2 Å². The molecule has 6 nitrogen and oxygen atoms in total. The predicted octanol–water partition coefficient (Wildman–Crippen LogP) is 4.84. The van der Waals surface area contributed by atoms with Gasteiger partial charge >= 0.3 is 11.9 Å². The van der Waals surface area contributed by atoms with Gasteiger partial charge in [-0.3, -0.25) is 4.99 Å². The zero-order chi connectivity index (χ0) is 21.3. The lowest BCUT2D eigenvalue weighted by Gasteiger charge is -2.05. The van der Waals surface area contributed by atoms with Gasteiger partial charge in [0.15, 0.2) is 0 Å².